The topological polar surface area (TPSA) is 32.3 Å². The van der Waals surface area contributed by atoms with Gasteiger partial charge >= 0.3 is 0 Å². The standard InChI is InChI=1S/C16H25NO/c1-3-9-17-16-8-7-14(12(16)2)10-13-5-4-6-15(18)11-13/h4-6,11-12,14,16-18H,3,7-10H2,1-2H3. The van der Waals surface area contributed by atoms with Gasteiger partial charge in [-0.3, -0.25) is 0 Å². The Balaban J connectivity index is 1.91. The molecule has 0 spiro atoms. The predicted octanol–water partition coefficient (Wildman–Crippen LogP) is 3.35. The molecule has 0 aromatic heterocycles. The van der Waals surface area contributed by atoms with Gasteiger partial charge in [0, 0.05) is 6.04 Å². The molecule has 0 saturated heterocycles. The van der Waals surface area contributed by atoms with Gasteiger partial charge in [0.1, 0.15) is 5.75 Å². The van der Waals surface area contributed by atoms with E-state index in [4.69, 9.17) is 0 Å². The van der Waals surface area contributed by atoms with Crippen LogP contribution in [0.15, 0.2) is 24.3 Å². The van der Waals surface area contributed by atoms with E-state index in [-0.39, 0.29) is 0 Å². The van der Waals surface area contributed by atoms with Crippen LogP contribution in [0.2, 0.25) is 0 Å². The summed E-state index contributed by atoms with van der Waals surface area (Å²) < 4.78 is 0. The van der Waals surface area contributed by atoms with Crippen molar-refractivity contribution in [2.75, 3.05) is 6.54 Å². The number of benzene rings is 1. The molecule has 0 aliphatic heterocycles. The van der Waals surface area contributed by atoms with Crippen molar-refractivity contribution in [3.63, 3.8) is 0 Å². The van der Waals surface area contributed by atoms with Crippen molar-refractivity contribution in [3.8, 4) is 5.75 Å². The zero-order valence-electron chi connectivity index (χ0n) is 11.5. The van der Waals surface area contributed by atoms with Crippen molar-refractivity contribution in [1.29, 1.82) is 0 Å². The van der Waals surface area contributed by atoms with E-state index >= 15 is 0 Å². The molecule has 0 amide bonds. The summed E-state index contributed by atoms with van der Waals surface area (Å²) in [5.74, 6) is 1.87. The second-order valence-electron chi connectivity index (χ2n) is 5.63. The Kier molecular flexibility index (Phi) is 4.65. The van der Waals surface area contributed by atoms with Crippen LogP contribution < -0.4 is 5.32 Å². The third-order valence-corrected chi connectivity index (χ3v) is 4.29. The van der Waals surface area contributed by atoms with Crippen LogP contribution >= 0.6 is 0 Å². The molecule has 0 bridgehead atoms. The fourth-order valence-corrected chi connectivity index (χ4v) is 3.14. The van der Waals surface area contributed by atoms with Crippen molar-refractivity contribution >= 4 is 0 Å². The van der Waals surface area contributed by atoms with Gasteiger partial charge in [-0.25, -0.2) is 0 Å². The Bertz CT molecular complexity index is 377. The Hall–Kier alpha value is -1.02. The first-order valence-corrected chi connectivity index (χ1v) is 7.22. The first-order valence-electron chi connectivity index (χ1n) is 7.22. The Labute approximate surface area is 110 Å². The summed E-state index contributed by atoms with van der Waals surface area (Å²) >= 11 is 0. The summed E-state index contributed by atoms with van der Waals surface area (Å²) in [5, 5.41) is 13.2. The molecule has 1 aliphatic carbocycles. The van der Waals surface area contributed by atoms with Gasteiger partial charge in [-0.2, -0.15) is 0 Å². The van der Waals surface area contributed by atoms with Crippen LogP contribution in [0.25, 0.3) is 0 Å². The summed E-state index contributed by atoms with van der Waals surface area (Å²) in [4.78, 5) is 0. The second kappa shape index (κ2) is 6.24. The fraction of sp³-hybridized carbons (Fsp3) is 0.625. The molecule has 1 aromatic rings. The first-order chi connectivity index (χ1) is 8.70. The molecule has 2 N–H and O–H groups in total. The average molecular weight is 247 g/mol. The predicted molar refractivity (Wildman–Crippen MR) is 75.8 cm³/mol. The van der Waals surface area contributed by atoms with Crippen molar-refractivity contribution in [1.82, 2.24) is 5.32 Å². The van der Waals surface area contributed by atoms with E-state index < -0.39 is 0 Å². The lowest BCUT2D eigenvalue weighted by Gasteiger charge is -2.21. The van der Waals surface area contributed by atoms with Crippen LogP contribution in [0.1, 0.15) is 38.7 Å². The Morgan fingerprint density at radius 3 is 2.89 bits per heavy atom. The Morgan fingerprint density at radius 2 is 2.17 bits per heavy atom. The average Bonchev–Trinajstić information content (AvgIpc) is 2.69. The summed E-state index contributed by atoms with van der Waals surface area (Å²) in [7, 11) is 0. The summed E-state index contributed by atoms with van der Waals surface area (Å²) in [6.07, 6.45) is 4.91. The molecule has 1 aromatic carbocycles. The quantitative estimate of drug-likeness (QED) is 0.836. The minimum absolute atomic E-state index is 0.388. The maximum Gasteiger partial charge on any atom is 0.115 e. The van der Waals surface area contributed by atoms with E-state index in [9.17, 15) is 5.11 Å². The zero-order chi connectivity index (χ0) is 13.0. The van der Waals surface area contributed by atoms with Crippen molar-refractivity contribution in [2.45, 2.75) is 45.6 Å². The number of hydrogen-bond acceptors (Lipinski definition) is 2. The van der Waals surface area contributed by atoms with Gasteiger partial charge in [0.2, 0.25) is 0 Å². The van der Waals surface area contributed by atoms with Crippen LogP contribution in [0, 0.1) is 11.8 Å². The van der Waals surface area contributed by atoms with Gasteiger partial charge in [0.15, 0.2) is 0 Å². The number of phenolic OH excluding ortho intramolecular Hbond substituents is 1. The molecule has 18 heavy (non-hydrogen) atoms. The van der Waals surface area contributed by atoms with Gasteiger partial charge in [-0.05, 0) is 61.8 Å². The number of hydrogen-bond donors (Lipinski definition) is 2. The van der Waals surface area contributed by atoms with Crippen molar-refractivity contribution < 1.29 is 5.11 Å². The smallest absolute Gasteiger partial charge is 0.115 e. The molecule has 3 atom stereocenters. The van der Waals surface area contributed by atoms with Crippen molar-refractivity contribution in [3.05, 3.63) is 29.8 Å². The number of phenols is 1. The summed E-state index contributed by atoms with van der Waals surface area (Å²) in [5.41, 5.74) is 1.27. The van der Waals surface area contributed by atoms with E-state index in [2.05, 4.69) is 25.2 Å². The maximum absolute atomic E-state index is 9.51. The van der Waals surface area contributed by atoms with Crippen LogP contribution in [0.5, 0.6) is 5.75 Å². The van der Waals surface area contributed by atoms with Crippen LogP contribution in [-0.4, -0.2) is 17.7 Å². The lowest BCUT2D eigenvalue weighted by Crippen LogP contribution is -2.33. The number of aromatic hydroxyl groups is 1. The van der Waals surface area contributed by atoms with E-state index in [1.807, 2.05) is 12.1 Å². The highest BCUT2D eigenvalue weighted by atomic mass is 16.3. The minimum atomic E-state index is 0.388. The molecular weight excluding hydrogens is 222 g/mol. The first kappa shape index (κ1) is 13.4. The summed E-state index contributed by atoms with van der Waals surface area (Å²) in [6, 6.07) is 8.40. The third-order valence-electron chi connectivity index (χ3n) is 4.29. The molecular formula is C16H25NO. The SMILES string of the molecule is CCCNC1CCC(Cc2cccc(O)c2)C1C. The highest BCUT2D eigenvalue weighted by Gasteiger charge is 2.31. The molecule has 0 radical (unpaired) electrons. The third kappa shape index (κ3) is 3.26. The molecule has 2 heteroatoms. The molecule has 3 unspecified atom stereocenters. The van der Waals surface area contributed by atoms with E-state index in [1.54, 1.807) is 6.07 Å². The second-order valence-corrected chi connectivity index (χ2v) is 5.63. The largest absolute Gasteiger partial charge is 0.508 e. The van der Waals surface area contributed by atoms with E-state index in [0.29, 0.717) is 11.8 Å². The lowest BCUT2D eigenvalue weighted by molar-refractivity contribution is 0.351. The summed E-state index contributed by atoms with van der Waals surface area (Å²) in [6.45, 7) is 5.72. The molecule has 0 heterocycles. The zero-order valence-corrected chi connectivity index (χ0v) is 11.5. The van der Waals surface area contributed by atoms with E-state index in [0.717, 1.165) is 24.8 Å². The van der Waals surface area contributed by atoms with Crippen LogP contribution in [-0.2, 0) is 6.42 Å². The van der Waals surface area contributed by atoms with Gasteiger partial charge in [-0.15, -0.1) is 0 Å². The maximum atomic E-state index is 9.51. The normalized spacial score (nSPS) is 27.6. The number of nitrogens with one attached hydrogen (secondary N) is 1. The monoisotopic (exact) mass is 247 g/mol. The number of rotatable bonds is 5. The van der Waals surface area contributed by atoms with Crippen LogP contribution in [0.4, 0.5) is 0 Å². The Morgan fingerprint density at radius 1 is 1.33 bits per heavy atom. The van der Waals surface area contributed by atoms with Gasteiger partial charge in [0.25, 0.3) is 0 Å². The highest BCUT2D eigenvalue weighted by molar-refractivity contribution is 5.27. The van der Waals surface area contributed by atoms with Gasteiger partial charge < -0.3 is 10.4 Å². The molecule has 1 fully saturated rings. The molecule has 2 nitrogen and oxygen atoms in total. The molecule has 1 saturated carbocycles. The highest BCUT2D eigenvalue weighted by Crippen LogP contribution is 2.34. The molecule has 1 aliphatic rings. The molecule has 100 valence electrons. The van der Waals surface area contributed by atoms with Gasteiger partial charge in [-0.1, -0.05) is 26.0 Å². The van der Waals surface area contributed by atoms with Gasteiger partial charge in [0.05, 0.1) is 0 Å². The molecule has 2 rings (SSSR count). The van der Waals surface area contributed by atoms with Crippen LogP contribution in [0.3, 0.4) is 0 Å². The lowest BCUT2D eigenvalue weighted by atomic mass is 9.89. The fourth-order valence-electron chi connectivity index (χ4n) is 3.14. The minimum Gasteiger partial charge on any atom is -0.508 e. The van der Waals surface area contributed by atoms with Crippen molar-refractivity contribution in [2.24, 2.45) is 11.8 Å². The van der Waals surface area contributed by atoms with E-state index in [1.165, 1.54) is 24.8 Å².